The number of hydrogen-bond acceptors (Lipinski definition) is 9. The van der Waals surface area contributed by atoms with Gasteiger partial charge < -0.3 is 29.1 Å². The standard InChI is InChI=1S/C23H31NO8/c1-15(26)29-14-21-23(31-17(3)28)22(30-16(2)27)19(20(32-21)10-12-25)9-11-24-13-18-7-5-4-6-8-18/h4-8,12,19-24H,9-11,13-14H2,1-3H3/t19-,20+,21+,22+,23+/m0/s1. The molecule has 1 aliphatic rings. The van der Waals surface area contributed by atoms with Gasteiger partial charge in [-0.3, -0.25) is 14.4 Å². The molecule has 176 valence electrons. The molecule has 0 aromatic heterocycles. The summed E-state index contributed by atoms with van der Waals surface area (Å²) in [5.74, 6) is -2.07. The highest BCUT2D eigenvalue weighted by Crippen LogP contribution is 2.34. The Bertz CT molecular complexity index is 769. The SMILES string of the molecule is CC(=O)OC[C@H]1O[C@H](CC=O)[C@H](CCNCc2ccccc2)[C@@H](OC(C)=O)[C@@H]1OC(C)=O. The molecule has 0 bridgehead atoms. The Morgan fingerprint density at radius 1 is 0.969 bits per heavy atom. The van der Waals surface area contributed by atoms with Gasteiger partial charge in [0.05, 0.1) is 6.10 Å². The van der Waals surface area contributed by atoms with Gasteiger partial charge in [-0.1, -0.05) is 30.3 Å². The summed E-state index contributed by atoms with van der Waals surface area (Å²) in [6, 6.07) is 9.86. The molecule has 0 amide bonds. The van der Waals surface area contributed by atoms with Crippen molar-refractivity contribution in [3.8, 4) is 0 Å². The van der Waals surface area contributed by atoms with Gasteiger partial charge in [-0.15, -0.1) is 0 Å². The van der Waals surface area contributed by atoms with Gasteiger partial charge in [0.2, 0.25) is 0 Å². The Morgan fingerprint density at radius 2 is 1.62 bits per heavy atom. The summed E-state index contributed by atoms with van der Waals surface area (Å²) in [7, 11) is 0. The Labute approximate surface area is 187 Å². The van der Waals surface area contributed by atoms with Crippen LogP contribution in [0, 0.1) is 5.92 Å². The molecular formula is C23H31NO8. The molecule has 1 aromatic rings. The van der Waals surface area contributed by atoms with Crippen LogP contribution in [0.1, 0.15) is 39.2 Å². The largest absolute Gasteiger partial charge is 0.463 e. The fourth-order valence-electron chi connectivity index (χ4n) is 3.86. The first kappa shape index (κ1) is 25.5. The molecule has 1 N–H and O–H groups in total. The van der Waals surface area contributed by atoms with E-state index in [4.69, 9.17) is 18.9 Å². The first-order chi connectivity index (χ1) is 15.3. The van der Waals surface area contributed by atoms with Crippen LogP contribution in [0.25, 0.3) is 0 Å². The first-order valence-electron chi connectivity index (χ1n) is 10.6. The molecule has 1 fully saturated rings. The van der Waals surface area contributed by atoms with Crippen LogP contribution in [0.15, 0.2) is 30.3 Å². The molecule has 1 heterocycles. The second-order valence-electron chi connectivity index (χ2n) is 7.68. The van der Waals surface area contributed by atoms with Crippen molar-refractivity contribution < 1.29 is 38.1 Å². The summed E-state index contributed by atoms with van der Waals surface area (Å²) >= 11 is 0. The van der Waals surface area contributed by atoms with Crippen molar-refractivity contribution in [3.63, 3.8) is 0 Å². The lowest BCUT2D eigenvalue weighted by Crippen LogP contribution is -2.59. The first-order valence-corrected chi connectivity index (χ1v) is 10.6. The lowest BCUT2D eigenvalue weighted by Gasteiger charge is -2.45. The zero-order chi connectivity index (χ0) is 23.5. The quantitative estimate of drug-likeness (QED) is 0.232. The minimum atomic E-state index is -0.974. The Morgan fingerprint density at radius 3 is 2.22 bits per heavy atom. The smallest absolute Gasteiger partial charge is 0.303 e. The summed E-state index contributed by atoms with van der Waals surface area (Å²) in [6.45, 7) is 4.75. The monoisotopic (exact) mass is 449 g/mol. The number of hydrogen-bond donors (Lipinski definition) is 1. The van der Waals surface area contributed by atoms with Crippen LogP contribution in [0.4, 0.5) is 0 Å². The molecule has 9 nitrogen and oxygen atoms in total. The summed E-state index contributed by atoms with van der Waals surface area (Å²) in [4.78, 5) is 46.3. The number of ether oxygens (including phenoxy) is 4. The molecule has 32 heavy (non-hydrogen) atoms. The van der Waals surface area contributed by atoms with Crippen LogP contribution >= 0.6 is 0 Å². The van der Waals surface area contributed by atoms with Gasteiger partial charge in [0.1, 0.15) is 25.1 Å². The highest BCUT2D eigenvalue weighted by Gasteiger charge is 2.49. The number of esters is 3. The van der Waals surface area contributed by atoms with Gasteiger partial charge in [0.25, 0.3) is 0 Å². The van der Waals surface area contributed by atoms with Crippen molar-refractivity contribution >= 4 is 24.2 Å². The second kappa shape index (κ2) is 12.9. The van der Waals surface area contributed by atoms with Gasteiger partial charge in [0, 0.05) is 39.7 Å². The third-order valence-corrected chi connectivity index (χ3v) is 5.15. The summed E-state index contributed by atoms with van der Waals surface area (Å²) in [5.41, 5.74) is 1.12. The maximum absolute atomic E-state index is 11.9. The number of carbonyl (C=O) groups is 4. The minimum absolute atomic E-state index is 0.0600. The average Bonchev–Trinajstić information content (AvgIpc) is 2.73. The molecule has 2 rings (SSSR count). The predicted molar refractivity (Wildman–Crippen MR) is 113 cm³/mol. The van der Waals surface area contributed by atoms with E-state index in [1.165, 1.54) is 20.8 Å². The van der Waals surface area contributed by atoms with Crippen molar-refractivity contribution in [1.82, 2.24) is 5.32 Å². The molecule has 0 radical (unpaired) electrons. The molecule has 0 saturated carbocycles. The fraction of sp³-hybridized carbons (Fsp3) is 0.565. The predicted octanol–water partition coefficient (Wildman–Crippen LogP) is 1.57. The second-order valence-corrected chi connectivity index (χ2v) is 7.68. The topological polar surface area (TPSA) is 117 Å². The minimum Gasteiger partial charge on any atom is -0.463 e. The number of aldehydes is 1. The van der Waals surface area contributed by atoms with Gasteiger partial charge in [-0.25, -0.2) is 0 Å². The normalized spacial score (nSPS) is 24.9. The van der Waals surface area contributed by atoms with Gasteiger partial charge in [-0.05, 0) is 18.5 Å². The number of nitrogens with one attached hydrogen (secondary N) is 1. The molecule has 5 atom stereocenters. The van der Waals surface area contributed by atoms with Gasteiger partial charge in [-0.2, -0.15) is 0 Å². The molecule has 0 spiro atoms. The maximum Gasteiger partial charge on any atom is 0.303 e. The van der Waals surface area contributed by atoms with Crippen molar-refractivity contribution in [1.29, 1.82) is 0 Å². The van der Waals surface area contributed by atoms with Crippen molar-refractivity contribution in [3.05, 3.63) is 35.9 Å². The highest BCUT2D eigenvalue weighted by atomic mass is 16.6. The highest BCUT2D eigenvalue weighted by molar-refractivity contribution is 5.68. The molecule has 1 aromatic carbocycles. The van der Waals surface area contributed by atoms with E-state index in [0.717, 1.165) is 11.8 Å². The molecule has 0 aliphatic carbocycles. The Kier molecular flexibility index (Phi) is 10.3. The van der Waals surface area contributed by atoms with Gasteiger partial charge in [0.15, 0.2) is 6.10 Å². The zero-order valence-electron chi connectivity index (χ0n) is 18.7. The lowest BCUT2D eigenvalue weighted by molar-refractivity contribution is -0.234. The molecular weight excluding hydrogens is 418 g/mol. The molecule has 1 aliphatic heterocycles. The van der Waals surface area contributed by atoms with Crippen LogP contribution in [-0.4, -0.2) is 61.8 Å². The lowest BCUT2D eigenvalue weighted by atomic mass is 9.82. The number of benzene rings is 1. The van der Waals surface area contributed by atoms with E-state index in [1.807, 2.05) is 30.3 Å². The van der Waals surface area contributed by atoms with E-state index in [0.29, 0.717) is 19.5 Å². The van der Waals surface area contributed by atoms with Crippen molar-refractivity contribution in [2.75, 3.05) is 13.2 Å². The van der Waals surface area contributed by atoms with E-state index in [1.54, 1.807) is 0 Å². The third-order valence-electron chi connectivity index (χ3n) is 5.15. The molecule has 9 heteroatoms. The Hall–Kier alpha value is -2.78. The van der Waals surface area contributed by atoms with Crippen LogP contribution in [-0.2, 0) is 44.7 Å². The van der Waals surface area contributed by atoms with Crippen LogP contribution in [0.5, 0.6) is 0 Å². The van der Waals surface area contributed by atoms with Crippen LogP contribution < -0.4 is 5.32 Å². The van der Waals surface area contributed by atoms with Gasteiger partial charge >= 0.3 is 17.9 Å². The summed E-state index contributed by atoms with van der Waals surface area (Å²) in [6.07, 6.45) is -2.00. The average molecular weight is 450 g/mol. The maximum atomic E-state index is 11.9. The van der Waals surface area contributed by atoms with E-state index < -0.39 is 48.2 Å². The summed E-state index contributed by atoms with van der Waals surface area (Å²) in [5, 5.41) is 3.33. The molecule has 0 unspecified atom stereocenters. The number of carbonyl (C=O) groups excluding carboxylic acids is 4. The zero-order valence-corrected chi connectivity index (χ0v) is 18.7. The van der Waals surface area contributed by atoms with E-state index in [9.17, 15) is 19.2 Å². The van der Waals surface area contributed by atoms with E-state index in [-0.39, 0.29) is 13.0 Å². The third kappa shape index (κ3) is 8.05. The molecule has 1 saturated heterocycles. The van der Waals surface area contributed by atoms with Crippen molar-refractivity contribution in [2.45, 2.75) is 64.6 Å². The number of rotatable bonds is 11. The fourth-order valence-corrected chi connectivity index (χ4v) is 3.86. The van der Waals surface area contributed by atoms with Crippen LogP contribution in [0.2, 0.25) is 0 Å². The van der Waals surface area contributed by atoms with Crippen molar-refractivity contribution in [2.24, 2.45) is 5.92 Å². The van der Waals surface area contributed by atoms with E-state index in [2.05, 4.69) is 5.32 Å². The summed E-state index contributed by atoms with van der Waals surface area (Å²) < 4.78 is 22.1. The van der Waals surface area contributed by atoms with E-state index >= 15 is 0 Å². The Balaban J connectivity index is 2.18. The van der Waals surface area contributed by atoms with Crippen LogP contribution in [0.3, 0.4) is 0 Å².